The van der Waals surface area contributed by atoms with Crippen molar-refractivity contribution >= 4 is 11.9 Å². The summed E-state index contributed by atoms with van der Waals surface area (Å²) in [6.45, 7) is 9.58. The molecule has 2 bridgehead atoms. The molecule has 1 saturated heterocycles. The maximum atomic E-state index is 12.2. The Morgan fingerprint density at radius 1 is 1.27 bits per heavy atom. The van der Waals surface area contributed by atoms with Gasteiger partial charge in [0.1, 0.15) is 6.04 Å². The van der Waals surface area contributed by atoms with E-state index in [4.69, 9.17) is 0 Å². The van der Waals surface area contributed by atoms with E-state index in [1.165, 1.54) is 6.42 Å². The monoisotopic (exact) mass is 305 g/mol. The molecule has 5 heteroatoms. The van der Waals surface area contributed by atoms with Crippen LogP contribution in [0.3, 0.4) is 0 Å². The molecule has 0 aromatic carbocycles. The molecule has 0 aromatic rings. The van der Waals surface area contributed by atoms with E-state index in [-0.39, 0.29) is 24.0 Å². The van der Waals surface area contributed by atoms with Crippen molar-refractivity contribution in [3.05, 3.63) is 12.2 Å². The average molecular weight is 305 g/mol. The fourth-order valence-corrected chi connectivity index (χ4v) is 4.40. The van der Waals surface area contributed by atoms with Crippen LogP contribution < -0.4 is 10.6 Å². The van der Waals surface area contributed by atoms with Gasteiger partial charge in [-0.3, -0.25) is 4.79 Å². The first kappa shape index (κ1) is 15.4. The van der Waals surface area contributed by atoms with Crippen LogP contribution in [0, 0.1) is 17.3 Å². The number of nitrogens with one attached hydrogen (secondary N) is 2. The van der Waals surface area contributed by atoms with Crippen molar-refractivity contribution in [1.82, 2.24) is 15.5 Å². The molecule has 2 N–H and O–H groups in total. The molecule has 0 aromatic heterocycles. The predicted octanol–water partition coefficient (Wildman–Crippen LogP) is 1.90. The van der Waals surface area contributed by atoms with Gasteiger partial charge in [-0.1, -0.05) is 26.0 Å². The molecule has 2 unspecified atom stereocenters. The van der Waals surface area contributed by atoms with Crippen molar-refractivity contribution in [2.24, 2.45) is 17.3 Å². The van der Waals surface area contributed by atoms with Gasteiger partial charge in [0.15, 0.2) is 0 Å². The molecule has 3 saturated carbocycles. The summed E-state index contributed by atoms with van der Waals surface area (Å²) in [7, 11) is 1.78. The number of likely N-dealkylation sites (N-methyl/N-ethyl adjacent to an activating group) is 1. The smallest absolute Gasteiger partial charge is 0.315 e. The number of carbonyl (C=O) groups is 2. The van der Waals surface area contributed by atoms with E-state index in [0.717, 1.165) is 31.4 Å². The van der Waals surface area contributed by atoms with Crippen molar-refractivity contribution in [2.75, 3.05) is 13.6 Å². The van der Waals surface area contributed by atoms with Crippen molar-refractivity contribution in [3.8, 4) is 0 Å². The number of piperidine rings is 1. The summed E-state index contributed by atoms with van der Waals surface area (Å²) in [4.78, 5) is 25.9. The fraction of sp³-hybridized carbons (Fsp3) is 0.765. The molecule has 1 aliphatic heterocycles. The minimum atomic E-state index is -0.387. The molecule has 0 radical (unpaired) electrons. The van der Waals surface area contributed by atoms with Crippen molar-refractivity contribution in [2.45, 2.75) is 51.6 Å². The highest BCUT2D eigenvalue weighted by molar-refractivity contribution is 5.87. The fourth-order valence-electron chi connectivity index (χ4n) is 4.40. The van der Waals surface area contributed by atoms with E-state index in [1.807, 2.05) is 0 Å². The molecule has 22 heavy (non-hydrogen) atoms. The zero-order valence-electron chi connectivity index (χ0n) is 13.8. The van der Waals surface area contributed by atoms with Gasteiger partial charge in [-0.25, -0.2) is 4.79 Å². The number of likely N-dealkylation sites (tertiary alicyclic amines) is 1. The first-order valence-electron chi connectivity index (χ1n) is 8.31. The summed E-state index contributed by atoms with van der Waals surface area (Å²) in [5.74, 6) is 1.18. The van der Waals surface area contributed by atoms with Crippen LogP contribution in [0.5, 0.6) is 0 Å². The van der Waals surface area contributed by atoms with E-state index in [0.29, 0.717) is 17.3 Å². The van der Waals surface area contributed by atoms with Crippen LogP contribution in [-0.4, -0.2) is 42.5 Å². The molecule has 1 heterocycles. The van der Waals surface area contributed by atoms with Crippen molar-refractivity contribution < 1.29 is 9.59 Å². The van der Waals surface area contributed by atoms with Crippen LogP contribution in [0.15, 0.2) is 12.2 Å². The number of rotatable bonds is 2. The van der Waals surface area contributed by atoms with Crippen LogP contribution in [0.2, 0.25) is 0 Å². The lowest BCUT2D eigenvalue weighted by Gasteiger charge is -2.60. The van der Waals surface area contributed by atoms with E-state index in [9.17, 15) is 9.59 Å². The lowest BCUT2D eigenvalue weighted by atomic mass is 9.46. The molecule has 4 rings (SSSR count). The minimum absolute atomic E-state index is 0.00727. The lowest BCUT2D eigenvalue weighted by Crippen LogP contribution is -2.60. The Bertz CT molecular complexity index is 514. The van der Waals surface area contributed by atoms with E-state index in [2.05, 4.69) is 31.1 Å². The Balaban J connectivity index is 1.55. The highest BCUT2D eigenvalue weighted by atomic mass is 16.2. The first-order chi connectivity index (χ1) is 10.3. The maximum Gasteiger partial charge on any atom is 0.315 e. The molecule has 4 aliphatic rings. The van der Waals surface area contributed by atoms with E-state index >= 15 is 0 Å². The Morgan fingerprint density at radius 2 is 1.95 bits per heavy atom. The zero-order chi connectivity index (χ0) is 16.1. The van der Waals surface area contributed by atoms with E-state index < -0.39 is 0 Å². The quantitative estimate of drug-likeness (QED) is 0.765. The normalized spacial score (nSPS) is 36.6. The Hall–Kier alpha value is -1.52. The van der Waals surface area contributed by atoms with Gasteiger partial charge in [0.2, 0.25) is 5.91 Å². The third kappa shape index (κ3) is 2.40. The van der Waals surface area contributed by atoms with Gasteiger partial charge in [-0.05, 0) is 42.9 Å². The summed E-state index contributed by atoms with van der Waals surface area (Å²) in [6, 6.07) is -0.575. The second-order valence-corrected chi connectivity index (χ2v) is 7.74. The Morgan fingerprint density at radius 3 is 2.59 bits per heavy atom. The zero-order valence-corrected chi connectivity index (χ0v) is 13.8. The van der Waals surface area contributed by atoms with Crippen LogP contribution >= 0.6 is 0 Å². The molecular weight excluding hydrogens is 278 g/mol. The number of urea groups is 1. The highest BCUT2D eigenvalue weighted by Gasteiger charge is 2.54. The first-order valence-corrected chi connectivity index (χ1v) is 8.31. The number of nitrogens with zero attached hydrogens (tertiary/aromatic N) is 1. The van der Waals surface area contributed by atoms with Crippen molar-refractivity contribution in [3.63, 3.8) is 0 Å². The molecule has 3 aliphatic carbocycles. The number of carbonyl (C=O) groups excluding carboxylic acids is 2. The molecule has 5 nitrogen and oxygen atoms in total. The van der Waals surface area contributed by atoms with Crippen molar-refractivity contribution in [1.29, 1.82) is 0 Å². The summed E-state index contributed by atoms with van der Waals surface area (Å²) in [6.07, 6.45) is 3.83. The SMILES string of the molecule is C=C1C(NC(=O)NC2CCCN(C)C2=O)C[C@H]2C[C@@H]1C2(C)C. The number of fused-ring (bicyclic) bond motifs is 2. The van der Waals surface area contributed by atoms with Gasteiger partial charge in [-0.2, -0.15) is 0 Å². The predicted molar refractivity (Wildman–Crippen MR) is 85.2 cm³/mol. The summed E-state index contributed by atoms with van der Waals surface area (Å²) < 4.78 is 0. The lowest BCUT2D eigenvalue weighted by molar-refractivity contribution is -0.134. The third-order valence-corrected chi connectivity index (χ3v) is 6.16. The molecule has 3 amide bonds. The Labute approximate surface area is 132 Å². The van der Waals surface area contributed by atoms with Crippen LogP contribution in [-0.2, 0) is 4.79 Å². The van der Waals surface area contributed by atoms with Crippen LogP contribution in [0.4, 0.5) is 4.79 Å². The minimum Gasteiger partial charge on any atom is -0.344 e. The molecular formula is C17H27N3O2. The Kier molecular flexibility index (Phi) is 3.69. The number of hydrogen-bond donors (Lipinski definition) is 2. The third-order valence-electron chi connectivity index (χ3n) is 6.16. The second kappa shape index (κ2) is 5.28. The number of amides is 3. The van der Waals surface area contributed by atoms with Gasteiger partial charge in [0.05, 0.1) is 6.04 Å². The van der Waals surface area contributed by atoms with Crippen LogP contribution in [0.25, 0.3) is 0 Å². The van der Waals surface area contributed by atoms with Gasteiger partial charge in [0.25, 0.3) is 0 Å². The summed E-state index contributed by atoms with van der Waals surface area (Å²) in [5.41, 5.74) is 1.48. The largest absolute Gasteiger partial charge is 0.344 e. The van der Waals surface area contributed by atoms with E-state index in [1.54, 1.807) is 11.9 Å². The average Bonchev–Trinajstić information content (AvgIpc) is 2.45. The second-order valence-electron chi connectivity index (χ2n) is 7.74. The molecule has 4 fully saturated rings. The van der Waals surface area contributed by atoms with Crippen LogP contribution in [0.1, 0.15) is 39.5 Å². The maximum absolute atomic E-state index is 12.2. The molecule has 4 atom stereocenters. The summed E-state index contributed by atoms with van der Waals surface area (Å²) in [5, 5.41) is 5.86. The standard InChI is InChI=1S/C17H27N3O2/c1-10-12-8-11(17(12,2)3)9-14(10)19-16(22)18-13-6-5-7-20(4)15(13)21/h11-14H,1,5-9H2,2-4H3,(H2,18,19,22)/t11-,12+,13?,14?/m1/s1. The highest BCUT2D eigenvalue weighted by Crippen LogP contribution is 2.60. The number of hydrogen-bond acceptors (Lipinski definition) is 2. The van der Waals surface area contributed by atoms with Gasteiger partial charge in [-0.15, -0.1) is 0 Å². The van der Waals surface area contributed by atoms with Gasteiger partial charge >= 0.3 is 6.03 Å². The molecule has 122 valence electrons. The van der Waals surface area contributed by atoms with Gasteiger partial charge in [0, 0.05) is 13.6 Å². The topological polar surface area (TPSA) is 61.4 Å². The van der Waals surface area contributed by atoms with Gasteiger partial charge < -0.3 is 15.5 Å². The summed E-state index contributed by atoms with van der Waals surface area (Å²) >= 11 is 0. The molecule has 0 spiro atoms.